The van der Waals surface area contributed by atoms with E-state index in [0.717, 1.165) is 38.8 Å². The van der Waals surface area contributed by atoms with E-state index in [0.29, 0.717) is 11.8 Å². The lowest BCUT2D eigenvalue weighted by Crippen LogP contribution is -2.51. The molecule has 3 aliphatic rings. The van der Waals surface area contributed by atoms with Gasteiger partial charge in [0, 0.05) is 50.7 Å². The molecule has 5 heterocycles. The molecule has 9 rings (SSSR count). The van der Waals surface area contributed by atoms with Crippen molar-refractivity contribution < 1.29 is 9.47 Å². The third-order valence-corrected chi connectivity index (χ3v) is 11.8. The molecule has 0 fully saturated rings. The minimum Gasteiger partial charge on any atom is -0.467 e. The van der Waals surface area contributed by atoms with Gasteiger partial charge >= 0.3 is 0 Å². The van der Waals surface area contributed by atoms with Gasteiger partial charge in [0.15, 0.2) is 5.82 Å². The van der Waals surface area contributed by atoms with E-state index in [1.165, 1.54) is 37.9 Å². The Hall–Kier alpha value is -4.62. The Morgan fingerprint density at radius 2 is 1.63 bits per heavy atom. The molecule has 2 aliphatic heterocycles. The van der Waals surface area contributed by atoms with Crippen molar-refractivity contribution in [3.8, 4) is 17.4 Å². The molecule has 3 aromatic carbocycles. The maximum atomic E-state index is 6.88. The highest BCUT2D eigenvalue weighted by atomic mass is 32.2. The fraction of sp³-hybridized carbons (Fsp3) is 0.256. The van der Waals surface area contributed by atoms with Gasteiger partial charge in [-0.2, -0.15) is 0 Å². The fourth-order valence-corrected chi connectivity index (χ4v) is 9.14. The van der Waals surface area contributed by atoms with Crippen LogP contribution in [0.1, 0.15) is 61.2 Å². The Kier molecular flexibility index (Phi) is 5.42. The predicted molar refractivity (Wildman–Crippen MR) is 184 cm³/mol. The quantitative estimate of drug-likeness (QED) is 0.196. The van der Waals surface area contributed by atoms with E-state index in [2.05, 4.69) is 101 Å². The number of benzene rings is 3. The Bertz CT molecular complexity index is 2350. The molecule has 0 N–H and O–H groups in total. The van der Waals surface area contributed by atoms with Gasteiger partial charge in [0.1, 0.15) is 16.9 Å². The summed E-state index contributed by atoms with van der Waals surface area (Å²) >= 11 is 1.78. The first-order chi connectivity index (χ1) is 22.0. The largest absolute Gasteiger partial charge is 0.467 e. The van der Waals surface area contributed by atoms with Crippen LogP contribution in [0.25, 0.3) is 27.6 Å². The molecule has 0 amide bonds. The first kappa shape index (κ1) is 27.7. The van der Waals surface area contributed by atoms with Crippen LogP contribution in [-0.2, 0) is 15.7 Å². The number of ether oxygens (including phenoxy) is 2. The van der Waals surface area contributed by atoms with Gasteiger partial charge in [-0.25, -0.2) is 15.0 Å². The molecule has 0 saturated carbocycles. The highest BCUT2D eigenvalue weighted by Gasteiger charge is 2.67. The molecule has 2 atom stereocenters. The van der Waals surface area contributed by atoms with Gasteiger partial charge in [-0.1, -0.05) is 49.9 Å². The van der Waals surface area contributed by atoms with E-state index in [1.54, 1.807) is 11.8 Å². The molecule has 0 bridgehead atoms. The van der Waals surface area contributed by atoms with Crippen molar-refractivity contribution in [2.45, 2.75) is 74.8 Å². The van der Waals surface area contributed by atoms with Crippen LogP contribution in [0.5, 0.6) is 11.6 Å². The molecular formula is C39H34N4O2S. The lowest BCUT2D eigenvalue weighted by Gasteiger charge is -2.41. The monoisotopic (exact) mass is 622 g/mol. The van der Waals surface area contributed by atoms with Crippen LogP contribution in [0.2, 0.25) is 0 Å². The van der Waals surface area contributed by atoms with Crippen molar-refractivity contribution >= 4 is 39.5 Å². The molecular weight excluding hydrogens is 589 g/mol. The average molecular weight is 623 g/mol. The number of fused-ring (bicyclic) bond motifs is 8. The number of hydrogen-bond donors (Lipinski definition) is 0. The van der Waals surface area contributed by atoms with Crippen LogP contribution < -0.4 is 4.74 Å². The van der Waals surface area contributed by atoms with E-state index in [9.17, 15) is 0 Å². The lowest BCUT2D eigenvalue weighted by atomic mass is 9.71. The first-order valence-corrected chi connectivity index (χ1v) is 16.6. The Morgan fingerprint density at radius 1 is 0.826 bits per heavy atom. The van der Waals surface area contributed by atoms with Gasteiger partial charge in [-0.05, 0) is 93.3 Å². The molecule has 1 aliphatic carbocycles. The SMILES string of the molecule is Cc1cc2c3c(c1)c1cc(C)c(Oc4cc(C5=N[C@]6(C)c7ccccc7C(C)(C)[C@]6(C)O5)cc(C)n4)cc1n3-c1ncccc1S2. The van der Waals surface area contributed by atoms with Gasteiger partial charge in [0.25, 0.3) is 0 Å². The van der Waals surface area contributed by atoms with Crippen molar-refractivity contribution in [2.75, 3.05) is 0 Å². The molecule has 0 unspecified atom stereocenters. The summed E-state index contributed by atoms with van der Waals surface area (Å²) in [5.74, 6) is 2.84. The normalized spacial score (nSPS) is 21.9. The number of pyridine rings is 2. The standard InChI is InChI=1S/C39H34N4O2S/c1-21-15-26-25-17-22(2)30(20-29(25)43-34(26)32(16-21)46-31-13-10-14-40-35(31)43)44-33-19-24(18-23(3)41-33)36-42-38(6)28-12-9-8-11-27(28)37(4,5)39(38,7)45-36/h8-20H,1-7H3/t38-,39+/m1/s1. The van der Waals surface area contributed by atoms with Crippen LogP contribution in [0.4, 0.5) is 0 Å². The van der Waals surface area contributed by atoms with Gasteiger partial charge < -0.3 is 9.47 Å². The second-order valence-electron chi connectivity index (χ2n) is 13.8. The molecule has 0 radical (unpaired) electrons. The van der Waals surface area contributed by atoms with Crippen LogP contribution in [-0.4, -0.2) is 26.0 Å². The zero-order valence-corrected chi connectivity index (χ0v) is 27.8. The topological polar surface area (TPSA) is 61.5 Å². The minimum absolute atomic E-state index is 0.233. The van der Waals surface area contributed by atoms with Gasteiger partial charge in [-0.15, -0.1) is 0 Å². The predicted octanol–water partition coefficient (Wildman–Crippen LogP) is 9.50. The summed E-state index contributed by atoms with van der Waals surface area (Å²) in [6.45, 7) is 15.2. The third-order valence-electron chi connectivity index (χ3n) is 10.7. The lowest BCUT2D eigenvalue weighted by molar-refractivity contribution is -0.0136. The van der Waals surface area contributed by atoms with Crippen molar-refractivity contribution in [1.29, 1.82) is 0 Å². The summed E-state index contributed by atoms with van der Waals surface area (Å²) in [6.07, 6.45) is 1.86. The van der Waals surface area contributed by atoms with Crippen LogP contribution >= 0.6 is 11.8 Å². The van der Waals surface area contributed by atoms with Crippen LogP contribution in [0.3, 0.4) is 0 Å². The Balaban J connectivity index is 1.16. The minimum atomic E-state index is -0.545. The number of aromatic nitrogens is 3. The highest BCUT2D eigenvalue weighted by Crippen LogP contribution is 2.61. The van der Waals surface area contributed by atoms with E-state index in [4.69, 9.17) is 24.4 Å². The van der Waals surface area contributed by atoms with Crippen LogP contribution in [0, 0.1) is 20.8 Å². The first-order valence-electron chi connectivity index (χ1n) is 15.8. The fourth-order valence-electron chi connectivity index (χ4n) is 7.97. The maximum absolute atomic E-state index is 6.88. The van der Waals surface area contributed by atoms with E-state index in [1.807, 2.05) is 31.3 Å². The second kappa shape index (κ2) is 9.01. The summed E-state index contributed by atoms with van der Waals surface area (Å²) in [5, 5.41) is 2.42. The maximum Gasteiger partial charge on any atom is 0.220 e. The average Bonchev–Trinajstić information content (AvgIpc) is 3.53. The summed E-state index contributed by atoms with van der Waals surface area (Å²) in [4.78, 5) is 17.3. The van der Waals surface area contributed by atoms with E-state index >= 15 is 0 Å². The molecule has 0 saturated heterocycles. The Labute approximate surface area is 272 Å². The summed E-state index contributed by atoms with van der Waals surface area (Å²) in [6, 6.07) is 25.6. The molecule has 228 valence electrons. The highest BCUT2D eigenvalue weighted by molar-refractivity contribution is 7.99. The van der Waals surface area contributed by atoms with Crippen molar-refractivity contribution in [3.05, 3.63) is 113 Å². The number of hydrogen-bond acceptors (Lipinski definition) is 6. The smallest absolute Gasteiger partial charge is 0.220 e. The van der Waals surface area contributed by atoms with E-state index in [-0.39, 0.29) is 5.41 Å². The Morgan fingerprint density at radius 3 is 2.46 bits per heavy atom. The summed E-state index contributed by atoms with van der Waals surface area (Å²) < 4.78 is 15.8. The van der Waals surface area contributed by atoms with Crippen molar-refractivity contribution in [2.24, 2.45) is 4.99 Å². The van der Waals surface area contributed by atoms with Crippen molar-refractivity contribution in [1.82, 2.24) is 14.5 Å². The van der Waals surface area contributed by atoms with Crippen LogP contribution in [0.15, 0.2) is 93.8 Å². The van der Waals surface area contributed by atoms with Gasteiger partial charge in [-0.3, -0.25) is 4.57 Å². The molecule has 3 aromatic heterocycles. The molecule has 6 nitrogen and oxygen atoms in total. The number of aliphatic imine (C=N–C) groups is 1. The number of aryl methyl sites for hydroxylation is 3. The molecule has 46 heavy (non-hydrogen) atoms. The number of rotatable bonds is 3. The summed E-state index contributed by atoms with van der Waals surface area (Å²) in [7, 11) is 0. The number of nitrogens with zero attached hydrogens (tertiary/aromatic N) is 4. The molecule has 7 heteroatoms. The van der Waals surface area contributed by atoms with Crippen molar-refractivity contribution in [3.63, 3.8) is 0 Å². The third kappa shape index (κ3) is 3.47. The van der Waals surface area contributed by atoms with Gasteiger partial charge in [0.2, 0.25) is 11.8 Å². The molecule has 0 spiro atoms. The summed E-state index contributed by atoms with van der Waals surface area (Å²) in [5.41, 5.74) is 7.46. The van der Waals surface area contributed by atoms with Gasteiger partial charge in [0.05, 0.1) is 15.9 Å². The zero-order valence-electron chi connectivity index (χ0n) is 27.0. The molecule has 6 aromatic rings. The zero-order chi connectivity index (χ0) is 31.7. The second-order valence-corrected chi connectivity index (χ2v) is 14.9. The van der Waals surface area contributed by atoms with E-state index < -0.39 is 11.1 Å².